The minimum absolute atomic E-state index is 0.0377. The molecule has 2 amide bonds. The molecule has 5 heteroatoms. The Hall–Kier alpha value is -0.710. The van der Waals surface area contributed by atoms with Gasteiger partial charge in [0.05, 0.1) is 0 Å². The van der Waals surface area contributed by atoms with E-state index in [1.165, 1.54) is 24.3 Å². The maximum Gasteiger partial charge on any atom is 0.245 e. The quantitative estimate of drug-likeness (QED) is 0.845. The summed E-state index contributed by atoms with van der Waals surface area (Å²) < 4.78 is 0. The van der Waals surface area contributed by atoms with Crippen molar-refractivity contribution in [3.63, 3.8) is 0 Å². The van der Waals surface area contributed by atoms with E-state index in [9.17, 15) is 9.59 Å². The van der Waals surface area contributed by atoms with Crippen LogP contribution in [0.15, 0.2) is 0 Å². The number of hydrogen-bond acceptors (Lipinski definition) is 3. The lowest BCUT2D eigenvalue weighted by molar-refractivity contribution is -0.150. The molecule has 0 bridgehead atoms. The fourth-order valence-corrected chi connectivity index (χ4v) is 4.34. The molecule has 2 aliphatic rings. The molecule has 4 nitrogen and oxygen atoms in total. The Balaban J connectivity index is 2.06. The molecule has 2 heterocycles. The molecule has 2 fully saturated rings. The molecule has 0 aromatic rings. The molecular weight excluding hydrogens is 272 g/mol. The van der Waals surface area contributed by atoms with Crippen LogP contribution in [0.1, 0.15) is 46.0 Å². The van der Waals surface area contributed by atoms with Crippen molar-refractivity contribution in [2.24, 2.45) is 5.92 Å². The molecule has 2 aliphatic heterocycles. The lowest BCUT2D eigenvalue weighted by atomic mass is 9.96. The van der Waals surface area contributed by atoms with Gasteiger partial charge in [0.2, 0.25) is 11.8 Å². The van der Waals surface area contributed by atoms with Gasteiger partial charge in [-0.15, -0.1) is 0 Å². The van der Waals surface area contributed by atoms with Crippen molar-refractivity contribution < 1.29 is 9.59 Å². The monoisotopic (exact) mass is 298 g/mol. The van der Waals surface area contributed by atoms with Gasteiger partial charge in [-0.25, -0.2) is 0 Å². The molecule has 114 valence electrons. The summed E-state index contributed by atoms with van der Waals surface area (Å²) in [5.41, 5.74) is 0. The minimum atomic E-state index is -0.298. The van der Waals surface area contributed by atoms with E-state index in [0.29, 0.717) is 12.3 Å². The summed E-state index contributed by atoms with van der Waals surface area (Å²) in [6.07, 6.45) is 4.72. The Morgan fingerprint density at radius 1 is 1.25 bits per heavy atom. The van der Waals surface area contributed by atoms with Crippen molar-refractivity contribution in [2.45, 2.75) is 58.0 Å². The molecule has 2 unspecified atom stereocenters. The summed E-state index contributed by atoms with van der Waals surface area (Å²) in [5, 5.41) is 2.90. The van der Waals surface area contributed by atoms with Crippen LogP contribution in [0.4, 0.5) is 0 Å². The SMILES string of the molecule is CCCC1NC(=O)C(CC)N(CC2CCSCC2)C1=O. The first-order valence-corrected chi connectivity index (χ1v) is 9.01. The van der Waals surface area contributed by atoms with Gasteiger partial charge >= 0.3 is 0 Å². The Labute approximate surface area is 126 Å². The highest BCUT2D eigenvalue weighted by Gasteiger charge is 2.39. The van der Waals surface area contributed by atoms with Gasteiger partial charge in [0.1, 0.15) is 12.1 Å². The zero-order valence-electron chi connectivity index (χ0n) is 12.6. The summed E-state index contributed by atoms with van der Waals surface area (Å²) in [4.78, 5) is 26.7. The van der Waals surface area contributed by atoms with Gasteiger partial charge in [-0.05, 0) is 43.1 Å². The highest BCUT2D eigenvalue weighted by Crippen LogP contribution is 2.26. The number of piperazine rings is 1. The summed E-state index contributed by atoms with van der Waals surface area (Å²) in [6.45, 7) is 4.81. The van der Waals surface area contributed by atoms with Crippen molar-refractivity contribution in [3.05, 3.63) is 0 Å². The van der Waals surface area contributed by atoms with Crippen LogP contribution in [-0.2, 0) is 9.59 Å². The molecule has 0 saturated carbocycles. The highest BCUT2D eigenvalue weighted by atomic mass is 32.2. The zero-order valence-corrected chi connectivity index (χ0v) is 13.4. The van der Waals surface area contributed by atoms with Gasteiger partial charge < -0.3 is 10.2 Å². The fourth-order valence-electron chi connectivity index (χ4n) is 3.14. The minimum Gasteiger partial charge on any atom is -0.343 e. The molecule has 0 aliphatic carbocycles. The smallest absolute Gasteiger partial charge is 0.245 e. The van der Waals surface area contributed by atoms with Gasteiger partial charge in [-0.3, -0.25) is 9.59 Å². The molecular formula is C15H26N2O2S. The number of nitrogens with one attached hydrogen (secondary N) is 1. The van der Waals surface area contributed by atoms with E-state index in [1.54, 1.807) is 0 Å². The van der Waals surface area contributed by atoms with Crippen molar-refractivity contribution in [1.82, 2.24) is 10.2 Å². The molecule has 2 atom stereocenters. The number of nitrogens with zero attached hydrogens (tertiary/aromatic N) is 1. The van der Waals surface area contributed by atoms with E-state index in [-0.39, 0.29) is 23.9 Å². The number of carbonyl (C=O) groups is 2. The first-order chi connectivity index (χ1) is 9.67. The lowest BCUT2D eigenvalue weighted by Gasteiger charge is -2.41. The molecule has 0 aromatic carbocycles. The van der Waals surface area contributed by atoms with Crippen LogP contribution in [-0.4, -0.2) is 46.8 Å². The summed E-state index contributed by atoms with van der Waals surface area (Å²) in [6, 6.07) is -0.557. The Morgan fingerprint density at radius 2 is 1.95 bits per heavy atom. The zero-order chi connectivity index (χ0) is 14.5. The number of thioether (sulfide) groups is 1. The van der Waals surface area contributed by atoms with E-state index >= 15 is 0 Å². The molecule has 1 N–H and O–H groups in total. The second kappa shape index (κ2) is 7.34. The topological polar surface area (TPSA) is 49.4 Å². The highest BCUT2D eigenvalue weighted by molar-refractivity contribution is 7.99. The van der Waals surface area contributed by atoms with Gasteiger partial charge in [-0.2, -0.15) is 11.8 Å². The second-order valence-corrected chi connectivity index (χ2v) is 7.04. The maximum atomic E-state index is 12.6. The van der Waals surface area contributed by atoms with Crippen LogP contribution in [0.2, 0.25) is 0 Å². The molecule has 0 aromatic heterocycles. The number of amides is 2. The van der Waals surface area contributed by atoms with Gasteiger partial charge in [0.15, 0.2) is 0 Å². The van der Waals surface area contributed by atoms with Crippen LogP contribution in [0.3, 0.4) is 0 Å². The Morgan fingerprint density at radius 3 is 2.55 bits per heavy atom. The van der Waals surface area contributed by atoms with Crippen molar-refractivity contribution in [3.8, 4) is 0 Å². The lowest BCUT2D eigenvalue weighted by Crippen LogP contribution is -2.63. The average Bonchev–Trinajstić information content (AvgIpc) is 2.46. The van der Waals surface area contributed by atoms with E-state index in [2.05, 4.69) is 5.32 Å². The van der Waals surface area contributed by atoms with Crippen LogP contribution in [0, 0.1) is 5.92 Å². The van der Waals surface area contributed by atoms with Gasteiger partial charge in [0.25, 0.3) is 0 Å². The second-order valence-electron chi connectivity index (χ2n) is 5.82. The molecule has 20 heavy (non-hydrogen) atoms. The van der Waals surface area contributed by atoms with Crippen molar-refractivity contribution in [1.29, 1.82) is 0 Å². The van der Waals surface area contributed by atoms with Crippen LogP contribution in [0.5, 0.6) is 0 Å². The largest absolute Gasteiger partial charge is 0.343 e. The van der Waals surface area contributed by atoms with Gasteiger partial charge in [0, 0.05) is 6.54 Å². The summed E-state index contributed by atoms with van der Waals surface area (Å²) in [7, 11) is 0. The maximum absolute atomic E-state index is 12.6. The Bertz CT molecular complexity index is 356. The van der Waals surface area contributed by atoms with E-state index < -0.39 is 0 Å². The van der Waals surface area contributed by atoms with Crippen LogP contribution >= 0.6 is 11.8 Å². The van der Waals surface area contributed by atoms with Crippen molar-refractivity contribution >= 4 is 23.6 Å². The van der Waals surface area contributed by atoms with E-state index in [0.717, 1.165) is 19.4 Å². The molecule has 0 spiro atoms. The van der Waals surface area contributed by atoms with Gasteiger partial charge in [-0.1, -0.05) is 20.3 Å². The first kappa shape index (κ1) is 15.7. The van der Waals surface area contributed by atoms with Crippen molar-refractivity contribution in [2.75, 3.05) is 18.1 Å². The molecule has 2 rings (SSSR count). The third-order valence-electron chi connectivity index (χ3n) is 4.34. The average molecular weight is 298 g/mol. The predicted octanol–water partition coefficient (Wildman–Crippen LogP) is 2.04. The van der Waals surface area contributed by atoms with E-state index in [1.807, 2.05) is 30.5 Å². The third kappa shape index (κ3) is 3.48. The number of rotatable bonds is 5. The summed E-state index contributed by atoms with van der Waals surface area (Å²) >= 11 is 1.99. The number of carbonyl (C=O) groups excluding carboxylic acids is 2. The number of hydrogen-bond donors (Lipinski definition) is 1. The standard InChI is InChI=1S/C15H26N2O2S/c1-3-5-12-15(19)17(13(4-2)14(18)16-12)10-11-6-8-20-9-7-11/h11-13H,3-10H2,1-2H3,(H,16,18). The first-order valence-electron chi connectivity index (χ1n) is 7.86. The summed E-state index contributed by atoms with van der Waals surface area (Å²) in [5.74, 6) is 3.12. The Kier molecular flexibility index (Phi) is 5.75. The van der Waals surface area contributed by atoms with Crippen LogP contribution in [0.25, 0.3) is 0 Å². The predicted molar refractivity (Wildman–Crippen MR) is 82.7 cm³/mol. The van der Waals surface area contributed by atoms with Crippen LogP contribution < -0.4 is 5.32 Å². The fraction of sp³-hybridized carbons (Fsp3) is 0.867. The normalized spacial score (nSPS) is 28.6. The molecule has 0 radical (unpaired) electrons. The third-order valence-corrected chi connectivity index (χ3v) is 5.39. The molecule has 2 saturated heterocycles. The van der Waals surface area contributed by atoms with E-state index in [4.69, 9.17) is 0 Å².